The van der Waals surface area contributed by atoms with Crippen LogP contribution in [0.25, 0.3) is 0 Å². The highest BCUT2D eigenvalue weighted by atomic mass is 16.5. The maximum Gasteiger partial charge on any atom is 0.193 e. The Morgan fingerprint density at radius 1 is 1.29 bits per heavy atom. The maximum atomic E-state index is 5.58. The van der Waals surface area contributed by atoms with Gasteiger partial charge in [0.1, 0.15) is 0 Å². The minimum absolute atomic E-state index is 0.278. The molecule has 0 aromatic heterocycles. The van der Waals surface area contributed by atoms with Crippen molar-refractivity contribution in [2.24, 2.45) is 10.9 Å². The molecule has 1 N–H and O–H groups in total. The fourth-order valence-electron chi connectivity index (χ4n) is 4.04. The number of hydrogen-bond donors (Lipinski definition) is 1. The number of aryl methyl sites for hydroxylation is 1. The van der Waals surface area contributed by atoms with Crippen LogP contribution >= 0.6 is 0 Å². The summed E-state index contributed by atoms with van der Waals surface area (Å²) in [6.07, 6.45) is 1.14. The highest BCUT2D eigenvalue weighted by Crippen LogP contribution is 2.23. The summed E-state index contributed by atoms with van der Waals surface area (Å²) in [6.45, 7) is 12.2. The van der Waals surface area contributed by atoms with E-state index in [-0.39, 0.29) is 6.04 Å². The Kier molecular flexibility index (Phi) is 8.13. The van der Waals surface area contributed by atoms with E-state index in [4.69, 9.17) is 14.5 Å². The largest absolute Gasteiger partial charge is 0.381 e. The molecule has 1 aromatic carbocycles. The van der Waals surface area contributed by atoms with Crippen molar-refractivity contribution >= 4 is 5.96 Å². The summed E-state index contributed by atoms with van der Waals surface area (Å²) in [6, 6.07) is 9.11. The van der Waals surface area contributed by atoms with Gasteiger partial charge in [0.25, 0.3) is 0 Å². The third-order valence-electron chi connectivity index (χ3n) is 5.58. The molecule has 0 aliphatic carbocycles. The van der Waals surface area contributed by atoms with Crippen molar-refractivity contribution in [1.29, 1.82) is 0 Å². The van der Waals surface area contributed by atoms with Gasteiger partial charge >= 0.3 is 0 Å². The zero-order chi connectivity index (χ0) is 19.8. The molecule has 0 amide bonds. The minimum atomic E-state index is 0.278. The molecule has 0 saturated carbocycles. The number of morpholine rings is 1. The lowest BCUT2D eigenvalue weighted by atomic mass is 10.0. The van der Waals surface area contributed by atoms with Crippen molar-refractivity contribution in [3.8, 4) is 0 Å². The Labute approximate surface area is 169 Å². The van der Waals surface area contributed by atoms with E-state index in [1.165, 1.54) is 11.1 Å². The van der Waals surface area contributed by atoms with Crippen LogP contribution in [0.1, 0.15) is 30.5 Å². The average Bonchev–Trinajstić information content (AvgIpc) is 3.21. The molecule has 2 fully saturated rings. The second kappa shape index (κ2) is 10.8. The molecule has 0 bridgehead atoms. The van der Waals surface area contributed by atoms with Gasteiger partial charge in [-0.1, -0.05) is 29.8 Å². The molecule has 28 heavy (non-hydrogen) atoms. The van der Waals surface area contributed by atoms with Gasteiger partial charge in [-0.3, -0.25) is 9.89 Å². The minimum Gasteiger partial charge on any atom is -0.381 e. The quantitative estimate of drug-likeness (QED) is 0.574. The van der Waals surface area contributed by atoms with Crippen molar-refractivity contribution < 1.29 is 9.47 Å². The molecular weight excluding hydrogens is 352 g/mol. The first-order valence-electron chi connectivity index (χ1n) is 10.6. The molecule has 2 atom stereocenters. The van der Waals surface area contributed by atoms with Crippen LogP contribution in [0.5, 0.6) is 0 Å². The number of hydrogen-bond acceptors (Lipinski definition) is 4. The molecular formula is C22H36N4O2. The van der Waals surface area contributed by atoms with Gasteiger partial charge in [0.05, 0.1) is 32.4 Å². The highest BCUT2D eigenvalue weighted by Gasteiger charge is 2.24. The number of benzene rings is 1. The predicted molar refractivity (Wildman–Crippen MR) is 114 cm³/mol. The van der Waals surface area contributed by atoms with Crippen LogP contribution in [0, 0.1) is 12.8 Å². The predicted octanol–water partition coefficient (Wildman–Crippen LogP) is 2.30. The number of ether oxygens (including phenoxy) is 2. The summed E-state index contributed by atoms with van der Waals surface area (Å²) >= 11 is 0. The summed E-state index contributed by atoms with van der Waals surface area (Å²) in [5.41, 5.74) is 2.64. The highest BCUT2D eigenvalue weighted by molar-refractivity contribution is 5.79. The first-order chi connectivity index (χ1) is 13.7. The van der Waals surface area contributed by atoms with E-state index in [1.54, 1.807) is 0 Å². The van der Waals surface area contributed by atoms with Gasteiger partial charge in [0, 0.05) is 45.8 Å². The van der Waals surface area contributed by atoms with E-state index < -0.39 is 0 Å². The molecule has 2 saturated heterocycles. The summed E-state index contributed by atoms with van der Waals surface area (Å²) in [4.78, 5) is 9.81. The Hall–Kier alpha value is -1.63. The number of guanidine groups is 1. The summed E-state index contributed by atoms with van der Waals surface area (Å²) in [5.74, 6) is 1.58. The van der Waals surface area contributed by atoms with E-state index in [9.17, 15) is 0 Å². The first kappa shape index (κ1) is 21.1. The van der Waals surface area contributed by atoms with Gasteiger partial charge in [-0.2, -0.15) is 0 Å². The van der Waals surface area contributed by atoms with Gasteiger partial charge < -0.3 is 19.7 Å². The molecule has 0 radical (unpaired) electrons. The number of rotatable bonds is 7. The molecule has 2 aliphatic rings. The van der Waals surface area contributed by atoms with E-state index in [0.717, 1.165) is 71.5 Å². The summed E-state index contributed by atoms with van der Waals surface area (Å²) in [5, 5.41) is 3.47. The fourth-order valence-corrected chi connectivity index (χ4v) is 4.04. The van der Waals surface area contributed by atoms with E-state index >= 15 is 0 Å². The van der Waals surface area contributed by atoms with Crippen LogP contribution in [0.4, 0.5) is 0 Å². The van der Waals surface area contributed by atoms with Crippen molar-refractivity contribution in [1.82, 2.24) is 15.1 Å². The Morgan fingerprint density at radius 2 is 2.11 bits per heavy atom. The number of aliphatic imine (C=N–C) groups is 1. The Bertz CT molecular complexity index is 625. The van der Waals surface area contributed by atoms with E-state index in [0.29, 0.717) is 5.92 Å². The van der Waals surface area contributed by atoms with Gasteiger partial charge in [0.15, 0.2) is 5.96 Å². The van der Waals surface area contributed by atoms with Crippen LogP contribution in [-0.4, -0.2) is 82.0 Å². The molecule has 2 unspecified atom stereocenters. The van der Waals surface area contributed by atoms with Crippen molar-refractivity contribution in [3.05, 3.63) is 35.4 Å². The van der Waals surface area contributed by atoms with Crippen LogP contribution in [-0.2, 0) is 9.47 Å². The second-order valence-electron chi connectivity index (χ2n) is 7.88. The third kappa shape index (κ3) is 5.93. The zero-order valence-corrected chi connectivity index (χ0v) is 17.7. The van der Waals surface area contributed by atoms with Gasteiger partial charge in [-0.25, -0.2) is 0 Å². The smallest absolute Gasteiger partial charge is 0.193 e. The molecule has 156 valence electrons. The first-order valence-corrected chi connectivity index (χ1v) is 10.6. The lowest BCUT2D eigenvalue weighted by Gasteiger charge is -2.34. The molecule has 0 spiro atoms. The lowest BCUT2D eigenvalue weighted by Crippen LogP contribution is -2.43. The Morgan fingerprint density at radius 3 is 2.79 bits per heavy atom. The second-order valence-corrected chi connectivity index (χ2v) is 7.88. The summed E-state index contributed by atoms with van der Waals surface area (Å²) < 4.78 is 11.1. The van der Waals surface area contributed by atoms with E-state index in [2.05, 4.69) is 60.3 Å². The maximum absolute atomic E-state index is 5.58. The molecule has 2 aliphatic heterocycles. The lowest BCUT2D eigenvalue weighted by molar-refractivity contribution is 0.0179. The molecule has 1 aromatic rings. The normalized spacial score (nSPS) is 22.2. The molecule has 6 heteroatoms. The molecule has 2 heterocycles. The topological polar surface area (TPSA) is 49.3 Å². The van der Waals surface area contributed by atoms with Crippen LogP contribution in [0.15, 0.2) is 29.3 Å². The monoisotopic (exact) mass is 388 g/mol. The fraction of sp³-hybridized carbons (Fsp3) is 0.682. The van der Waals surface area contributed by atoms with Crippen molar-refractivity contribution in [2.75, 3.05) is 66.2 Å². The third-order valence-corrected chi connectivity index (χ3v) is 5.58. The summed E-state index contributed by atoms with van der Waals surface area (Å²) in [7, 11) is 2.14. The Balaban J connectivity index is 1.74. The van der Waals surface area contributed by atoms with Crippen LogP contribution < -0.4 is 5.32 Å². The van der Waals surface area contributed by atoms with Gasteiger partial charge in [-0.15, -0.1) is 0 Å². The number of nitrogens with zero attached hydrogens (tertiary/aromatic N) is 3. The molecule has 6 nitrogen and oxygen atoms in total. The average molecular weight is 389 g/mol. The van der Waals surface area contributed by atoms with Gasteiger partial charge in [0.2, 0.25) is 0 Å². The van der Waals surface area contributed by atoms with E-state index in [1.807, 2.05) is 0 Å². The zero-order valence-electron chi connectivity index (χ0n) is 17.7. The van der Waals surface area contributed by atoms with Crippen LogP contribution in [0.2, 0.25) is 0 Å². The van der Waals surface area contributed by atoms with Crippen LogP contribution in [0.3, 0.4) is 0 Å². The molecule has 3 rings (SSSR count). The van der Waals surface area contributed by atoms with Gasteiger partial charge in [-0.05, 0) is 25.8 Å². The SMILES string of the molecule is CCNC(=NCC(c1cccc(C)c1)N1CCOCC1)N(C)CC1CCOC1. The standard InChI is InChI=1S/C22H36N4O2/c1-4-23-22(25(3)16-19-8-11-28-17-19)24-15-21(26-9-12-27-13-10-26)20-7-5-6-18(2)14-20/h5-7,14,19,21H,4,8-13,15-17H2,1-3H3,(H,23,24). The van der Waals surface area contributed by atoms with Crippen molar-refractivity contribution in [2.45, 2.75) is 26.3 Å². The van der Waals surface area contributed by atoms with Crippen molar-refractivity contribution in [3.63, 3.8) is 0 Å². The number of nitrogens with one attached hydrogen (secondary N) is 1.